The van der Waals surface area contributed by atoms with Crippen LogP contribution in [0, 0.1) is 19.7 Å². The Kier molecular flexibility index (Phi) is 7.78. The zero-order valence-electron chi connectivity index (χ0n) is 19.2. The molecular weight excluding hydrogens is 489 g/mol. The van der Waals surface area contributed by atoms with Crippen LogP contribution in [0.25, 0.3) is 6.08 Å². The van der Waals surface area contributed by atoms with Gasteiger partial charge in [-0.15, -0.1) is 0 Å². The van der Waals surface area contributed by atoms with Crippen LogP contribution in [0.2, 0.25) is 5.02 Å². The smallest absolute Gasteiger partial charge is 0.293 e. The molecule has 1 aliphatic rings. The molecule has 180 valence electrons. The monoisotopic (exact) mass is 511 g/mol. The second-order valence-electron chi connectivity index (χ2n) is 8.01. The number of amides is 2. The van der Waals surface area contributed by atoms with Crippen molar-refractivity contribution in [3.8, 4) is 11.5 Å². The highest BCUT2D eigenvalue weighted by molar-refractivity contribution is 8.18. The molecule has 0 spiro atoms. The van der Waals surface area contributed by atoms with E-state index in [1.807, 2.05) is 32.0 Å². The third-order valence-corrected chi connectivity index (χ3v) is 6.65. The first-order chi connectivity index (χ1) is 16.8. The van der Waals surface area contributed by atoms with E-state index in [1.165, 1.54) is 17.0 Å². The van der Waals surface area contributed by atoms with Gasteiger partial charge in [-0.3, -0.25) is 14.5 Å². The van der Waals surface area contributed by atoms with Crippen molar-refractivity contribution in [2.24, 2.45) is 0 Å². The Hall–Kier alpha value is -3.29. The Morgan fingerprint density at radius 1 is 1.03 bits per heavy atom. The van der Waals surface area contributed by atoms with Crippen molar-refractivity contribution in [3.63, 3.8) is 0 Å². The standard InChI is InChI=1S/C27H23ClFNO4S/c1-17-9-10-18(2)24(13-17)33-12-11-30-26(31)25(35-27(30)32)15-19-5-3-6-20(14-19)34-16-21-22(28)7-4-8-23(21)29/h3-10,13-15H,11-12,16H2,1-2H3/b25-15-. The molecule has 0 N–H and O–H groups in total. The fourth-order valence-corrected chi connectivity index (χ4v) is 4.56. The van der Waals surface area contributed by atoms with E-state index in [9.17, 15) is 14.0 Å². The number of thioether (sulfide) groups is 1. The highest BCUT2D eigenvalue weighted by Crippen LogP contribution is 2.33. The number of ether oxygens (including phenoxy) is 2. The van der Waals surface area contributed by atoms with Crippen LogP contribution in [0.5, 0.6) is 11.5 Å². The number of carbonyl (C=O) groups is 2. The molecule has 0 bridgehead atoms. The SMILES string of the molecule is Cc1ccc(C)c(OCCN2C(=O)S/C(=C\c3cccc(OCc4c(F)cccc4Cl)c3)C2=O)c1. The molecule has 0 radical (unpaired) electrons. The summed E-state index contributed by atoms with van der Waals surface area (Å²) in [5, 5.41) is -0.0521. The molecular formula is C27H23ClFNO4S. The topological polar surface area (TPSA) is 55.8 Å². The Balaban J connectivity index is 1.39. The Morgan fingerprint density at radius 2 is 1.83 bits per heavy atom. The normalized spacial score (nSPS) is 14.6. The van der Waals surface area contributed by atoms with Gasteiger partial charge in [-0.2, -0.15) is 0 Å². The number of nitrogens with zero attached hydrogens (tertiary/aromatic N) is 1. The average molecular weight is 512 g/mol. The maximum Gasteiger partial charge on any atom is 0.293 e. The predicted octanol–water partition coefficient (Wildman–Crippen LogP) is 6.79. The molecule has 8 heteroatoms. The number of rotatable bonds is 8. The van der Waals surface area contributed by atoms with Gasteiger partial charge in [-0.05, 0) is 78.7 Å². The number of imide groups is 1. The lowest BCUT2D eigenvalue weighted by atomic mass is 10.1. The van der Waals surface area contributed by atoms with Gasteiger partial charge in [0.05, 0.1) is 16.5 Å². The van der Waals surface area contributed by atoms with Crippen molar-refractivity contribution in [2.75, 3.05) is 13.2 Å². The first-order valence-corrected chi connectivity index (χ1v) is 12.1. The maximum absolute atomic E-state index is 14.0. The minimum Gasteiger partial charge on any atom is -0.491 e. The quantitative estimate of drug-likeness (QED) is 0.312. The van der Waals surface area contributed by atoms with E-state index in [1.54, 1.807) is 36.4 Å². The lowest BCUT2D eigenvalue weighted by molar-refractivity contribution is -0.123. The van der Waals surface area contributed by atoms with Crippen LogP contribution in [0.15, 0.2) is 65.6 Å². The van der Waals surface area contributed by atoms with Crippen molar-refractivity contribution < 1.29 is 23.5 Å². The zero-order valence-corrected chi connectivity index (χ0v) is 20.8. The van der Waals surface area contributed by atoms with Crippen LogP contribution in [-0.2, 0) is 11.4 Å². The molecule has 3 aromatic carbocycles. The summed E-state index contributed by atoms with van der Waals surface area (Å²) in [6.45, 7) is 4.24. The summed E-state index contributed by atoms with van der Waals surface area (Å²) in [6.07, 6.45) is 1.64. The molecule has 0 saturated carbocycles. The van der Waals surface area contributed by atoms with Crippen LogP contribution in [0.4, 0.5) is 9.18 Å². The Labute approximate surface area is 212 Å². The summed E-state index contributed by atoms with van der Waals surface area (Å²) in [5.41, 5.74) is 3.01. The molecule has 0 aliphatic carbocycles. The molecule has 1 heterocycles. The molecule has 1 saturated heterocycles. The van der Waals surface area contributed by atoms with Crippen LogP contribution in [-0.4, -0.2) is 29.2 Å². The molecule has 1 fully saturated rings. The minimum absolute atomic E-state index is 0.0358. The van der Waals surface area contributed by atoms with Gasteiger partial charge in [0, 0.05) is 5.56 Å². The van der Waals surface area contributed by atoms with Crippen LogP contribution in [0.3, 0.4) is 0 Å². The molecule has 3 aromatic rings. The Bertz CT molecular complexity index is 1290. The second-order valence-corrected chi connectivity index (χ2v) is 9.41. The first kappa shape index (κ1) is 24.8. The number of benzene rings is 3. The van der Waals surface area contributed by atoms with Crippen molar-refractivity contribution in [2.45, 2.75) is 20.5 Å². The second kappa shape index (κ2) is 11.0. The molecule has 35 heavy (non-hydrogen) atoms. The van der Waals surface area contributed by atoms with Crippen molar-refractivity contribution in [1.29, 1.82) is 0 Å². The van der Waals surface area contributed by atoms with Crippen molar-refractivity contribution >= 4 is 40.6 Å². The third kappa shape index (κ3) is 6.05. The van der Waals surface area contributed by atoms with Gasteiger partial charge in [-0.1, -0.05) is 41.9 Å². The van der Waals surface area contributed by atoms with Gasteiger partial charge in [0.25, 0.3) is 11.1 Å². The van der Waals surface area contributed by atoms with E-state index in [-0.39, 0.29) is 41.5 Å². The third-order valence-electron chi connectivity index (χ3n) is 5.39. The van der Waals surface area contributed by atoms with Gasteiger partial charge in [0.1, 0.15) is 30.5 Å². The minimum atomic E-state index is -0.441. The van der Waals surface area contributed by atoms with Gasteiger partial charge in [-0.25, -0.2) is 4.39 Å². The highest BCUT2D eigenvalue weighted by Gasteiger charge is 2.34. The van der Waals surface area contributed by atoms with Crippen molar-refractivity contribution in [1.82, 2.24) is 4.90 Å². The van der Waals surface area contributed by atoms with Gasteiger partial charge in [0.15, 0.2) is 0 Å². The summed E-state index contributed by atoms with van der Waals surface area (Å²) >= 11 is 6.94. The largest absolute Gasteiger partial charge is 0.491 e. The lowest BCUT2D eigenvalue weighted by Gasteiger charge is -2.14. The number of halogens is 2. The maximum atomic E-state index is 14.0. The predicted molar refractivity (Wildman–Crippen MR) is 136 cm³/mol. The van der Waals surface area contributed by atoms with Crippen LogP contribution < -0.4 is 9.47 Å². The van der Waals surface area contributed by atoms with E-state index in [0.717, 1.165) is 28.6 Å². The highest BCUT2D eigenvalue weighted by atomic mass is 35.5. The summed E-state index contributed by atoms with van der Waals surface area (Å²) in [6, 6.07) is 17.3. The fourth-order valence-electron chi connectivity index (χ4n) is 3.47. The lowest BCUT2D eigenvalue weighted by Crippen LogP contribution is -2.32. The summed E-state index contributed by atoms with van der Waals surface area (Å²) in [4.78, 5) is 26.8. The first-order valence-electron chi connectivity index (χ1n) is 10.9. The van der Waals surface area contributed by atoms with Gasteiger partial charge in [0.2, 0.25) is 0 Å². The van der Waals surface area contributed by atoms with Gasteiger partial charge < -0.3 is 9.47 Å². The molecule has 5 nitrogen and oxygen atoms in total. The summed E-state index contributed by atoms with van der Waals surface area (Å²) in [5.74, 6) is 0.415. The Morgan fingerprint density at radius 3 is 2.63 bits per heavy atom. The van der Waals surface area contributed by atoms with Crippen molar-refractivity contribution in [3.05, 3.63) is 98.7 Å². The number of hydrogen-bond donors (Lipinski definition) is 0. The van der Waals surface area contributed by atoms with Crippen LogP contribution >= 0.6 is 23.4 Å². The van der Waals surface area contributed by atoms with Gasteiger partial charge >= 0.3 is 0 Å². The molecule has 1 aliphatic heterocycles. The summed E-state index contributed by atoms with van der Waals surface area (Å²) in [7, 11) is 0. The fraction of sp³-hybridized carbons (Fsp3) is 0.185. The number of hydrogen-bond acceptors (Lipinski definition) is 5. The van der Waals surface area contributed by atoms with Crippen LogP contribution in [0.1, 0.15) is 22.3 Å². The molecule has 0 aromatic heterocycles. The van der Waals surface area contributed by atoms with E-state index in [4.69, 9.17) is 21.1 Å². The zero-order chi connectivity index (χ0) is 24.9. The van der Waals surface area contributed by atoms with E-state index in [2.05, 4.69) is 0 Å². The summed E-state index contributed by atoms with van der Waals surface area (Å²) < 4.78 is 25.5. The molecule has 2 amide bonds. The van der Waals surface area contributed by atoms with E-state index < -0.39 is 5.82 Å². The molecule has 4 rings (SSSR count). The number of carbonyl (C=O) groups excluding carboxylic acids is 2. The average Bonchev–Trinajstić information content (AvgIpc) is 3.08. The van der Waals surface area contributed by atoms with E-state index >= 15 is 0 Å². The van der Waals surface area contributed by atoms with E-state index in [0.29, 0.717) is 16.2 Å². The molecule has 0 atom stereocenters. The number of aryl methyl sites for hydroxylation is 2. The molecule has 0 unspecified atom stereocenters.